The number of H-pyrrole nitrogens is 1. The molecule has 1 atom stereocenters. The summed E-state index contributed by atoms with van der Waals surface area (Å²) in [6.45, 7) is 1.65. The van der Waals surface area contributed by atoms with Gasteiger partial charge in [0.2, 0.25) is 5.91 Å². The number of aromatic amines is 1. The van der Waals surface area contributed by atoms with Gasteiger partial charge in [0.1, 0.15) is 6.61 Å². The van der Waals surface area contributed by atoms with E-state index in [-0.39, 0.29) is 18.6 Å². The lowest BCUT2D eigenvalue weighted by molar-refractivity contribution is -0.125. The molecule has 4 N–H and O–H groups in total. The first-order valence-corrected chi connectivity index (χ1v) is 6.68. The molecule has 0 spiro atoms. The maximum Gasteiger partial charge on any atom is 0.245 e. The molecule has 0 aliphatic carbocycles. The minimum absolute atomic E-state index is 0.0444. The van der Waals surface area contributed by atoms with Gasteiger partial charge in [0, 0.05) is 26.3 Å². The Balaban J connectivity index is 1.88. The van der Waals surface area contributed by atoms with E-state index in [2.05, 4.69) is 20.7 Å². The van der Waals surface area contributed by atoms with Crippen molar-refractivity contribution in [3.05, 3.63) is 11.9 Å². The SMILES string of the molecule is CNC(=O)COCC(N)CCOCCCc1cn[nH]n1. The average Bonchev–Trinajstić information content (AvgIpc) is 2.95. The molecule has 8 heteroatoms. The molecule has 0 aromatic carbocycles. The van der Waals surface area contributed by atoms with E-state index in [1.54, 1.807) is 13.2 Å². The van der Waals surface area contributed by atoms with Gasteiger partial charge in [-0.1, -0.05) is 0 Å². The summed E-state index contributed by atoms with van der Waals surface area (Å²) < 4.78 is 10.6. The molecular weight excluding hydrogens is 262 g/mol. The van der Waals surface area contributed by atoms with Gasteiger partial charge in [0.05, 0.1) is 18.5 Å². The van der Waals surface area contributed by atoms with Crippen LogP contribution in [0.1, 0.15) is 18.5 Å². The molecule has 1 aromatic heterocycles. The molecule has 0 aliphatic rings. The number of nitrogens with zero attached hydrogens (tertiary/aromatic N) is 2. The first kappa shape index (κ1) is 16.5. The highest BCUT2D eigenvalue weighted by atomic mass is 16.5. The lowest BCUT2D eigenvalue weighted by Gasteiger charge is -2.12. The van der Waals surface area contributed by atoms with Crippen molar-refractivity contribution >= 4 is 5.91 Å². The van der Waals surface area contributed by atoms with E-state index >= 15 is 0 Å². The number of hydrogen-bond acceptors (Lipinski definition) is 6. The van der Waals surface area contributed by atoms with Gasteiger partial charge in [-0.2, -0.15) is 15.4 Å². The molecule has 0 bridgehead atoms. The highest BCUT2D eigenvalue weighted by Gasteiger charge is 2.05. The summed E-state index contributed by atoms with van der Waals surface area (Å²) in [4.78, 5) is 10.9. The Morgan fingerprint density at radius 3 is 3.05 bits per heavy atom. The van der Waals surface area contributed by atoms with Crippen LogP contribution in [0.15, 0.2) is 6.20 Å². The van der Waals surface area contributed by atoms with Crippen molar-refractivity contribution in [1.29, 1.82) is 0 Å². The Morgan fingerprint density at radius 1 is 1.50 bits per heavy atom. The fraction of sp³-hybridized carbons (Fsp3) is 0.750. The normalized spacial score (nSPS) is 12.3. The van der Waals surface area contributed by atoms with E-state index in [9.17, 15) is 4.79 Å². The van der Waals surface area contributed by atoms with Gasteiger partial charge in [-0.05, 0) is 19.3 Å². The van der Waals surface area contributed by atoms with Crippen molar-refractivity contribution in [3.8, 4) is 0 Å². The number of likely N-dealkylation sites (N-methyl/N-ethyl adjacent to an activating group) is 1. The quantitative estimate of drug-likeness (QED) is 0.460. The van der Waals surface area contributed by atoms with E-state index in [4.69, 9.17) is 15.2 Å². The van der Waals surface area contributed by atoms with Crippen LogP contribution in [0.4, 0.5) is 0 Å². The Bertz CT molecular complexity index is 358. The summed E-state index contributed by atoms with van der Waals surface area (Å²) in [6.07, 6.45) is 4.16. The third-order valence-electron chi connectivity index (χ3n) is 2.66. The van der Waals surface area contributed by atoms with Crippen LogP contribution in [0.2, 0.25) is 0 Å². The van der Waals surface area contributed by atoms with E-state index in [1.165, 1.54) is 0 Å². The third kappa shape index (κ3) is 7.82. The molecule has 0 aliphatic heterocycles. The van der Waals surface area contributed by atoms with Gasteiger partial charge in [0.15, 0.2) is 0 Å². The Kier molecular flexibility index (Phi) is 8.52. The van der Waals surface area contributed by atoms with Crippen LogP contribution in [0.25, 0.3) is 0 Å². The van der Waals surface area contributed by atoms with E-state index in [1.807, 2.05) is 0 Å². The number of carbonyl (C=O) groups is 1. The number of carbonyl (C=O) groups excluding carboxylic acids is 1. The topological polar surface area (TPSA) is 115 Å². The molecule has 1 aromatic rings. The number of nitrogens with two attached hydrogens (primary N) is 1. The van der Waals surface area contributed by atoms with Crippen molar-refractivity contribution in [2.75, 3.05) is 33.5 Å². The lowest BCUT2D eigenvalue weighted by Crippen LogP contribution is -2.31. The van der Waals surface area contributed by atoms with Crippen LogP contribution in [0.5, 0.6) is 0 Å². The molecule has 1 rings (SSSR count). The van der Waals surface area contributed by atoms with Gasteiger partial charge in [-0.3, -0.25) is 4.79 Å². The lowest BCUT2D eigenvalue weighted by atomic mass is 10.2. The molecule has 8 nitrogen and oxygen atoms in total. The molecular formula is C12H23N5O3. The summed E-state index contributed by atoms with van der Waals surface area (Å²) in [7, 11) is 1.57. The smallest absolute Gasteiger partial charge is 0.245 e. The van der Waals surface area contributed by atoms with Crippen LogP contribution < -0.4 is 11.1 Å². The Morgan fingerprint density at radius 2 is 2.35 bits per heavy atom. The molecule has 1 unspecified atom stereocenters. The molecule has 0 radical (unpaired) electrons. The van der Waals surface area contributed by atoms with Crippen LogP contribution in [0.3, 0.4) is 0 Å². The molecule has 0 saturated carbocycles. The fourth-order valence-corrected chi connectivity index (χ4v) is 1.50. The minimum atomic E-state index is -0.152. The second kappa shape index (κ2) is 10.3. The summed E-state index contributed by atoms with van der Waals surface area (Å²) in [5, 5.41) is 12.7. The maximum absolute atomic E-state index is 10.9. The Hall–Kier alpha value is -1.51. The number of aromatic nitrogens is 3. The van der Waals surface area contributed by atoms with Crippen LogP contribution >= 0.6 is 0 Å². The zero-order chi connectivity index (χ0) is 14.6. The highest BCUT2D eigenvalue weighted by Crippen LogP contribution is 1.97. The molecule has 114 valence electrons. The van der Waals surface area contributed by atoms with Crippen LogP contribution in [0, 0.1) is 0 Å². The fourth-order valence-electron chi connectivity index (χ4n) is 1.50. The molecule has 1 amide bonds. The second-order valence-corrected chi connectivity index (χ2v) is 4.41. The predicted octanol–water partition coefficient (Wildman–Crippen LogP) is -0.766. The molecule has 0 saturated heterocycles. The number of nitrogens with one attached hydrogen (secondary N) is 2. The zero-order valence-electron chi connectivity index (χ0n) is 11.8. The van der Waals surface area contributed by atoms with E-state index in [0.29, 0.717) is 26.2 Å². The summed E-state index contributed by atoms with van der Waals surface area (Å²) in [5.74, 6) is -0.152. The first-order chi connectivity index (χ1) is 9.72. The maximum atomic E-state index is 10.9. The van der Waals surface area contributed by atoms with Gasteiger partial charge in [-0.25, -0.2) is 0 Å². The minimum Gasteiger partial charge on any atom is -0.381 e. The highest BCUT2D eigenvalue weighted by molar-refractivity contribution is 5.76. The summed E-state index contributed by atoms with van der Waals surface area (Å²) in [6, 6.07) is -0.116. The number of amides is 1. The van der Waals surface area contributed by atoms with Gasteiger partial charge in [0.25, 0.3) is 0 Å². The number of aryl methyl sites for hydroxylation is 1. The average molecular weight is 285 g/mol. The van der Waals surface area contributed by atoms with Crippen molar-refractivity contribution in [3.63, 3.8) is 0 Å². The largest absolute Gasteiger partial charge is 0.381 e. The summed E-state index contributed by atoms with van der Waals surface area (Å²) >= 11 is 0. The molecule has 0 fully saturated rings. The first-order valence-electron chi connectivity index (χ1n) is 6.68. The van der Waals surface area contributed by atoms with E-state index in [0.717, 1.165) is 18.5 Å². The van der Waals surface area contributed by atoms with Crippen molar-refractivity contribution in [2.24, 2.45) is 5.73 Å². The number of hydrogen-bond donors (Lipinski definition) is 3. The molecule has 1 heterocycles. The molecule has 20 heavy (non-hydrogen) atoms. The van der Waals surface area contributed by atoms with Gasteiger partial charge < -0.3 is 20.5 Å². The predicted molar refractivity (Wildman–Crippen MR) is 73.0 cm³/mol. The van der Waals surface area contributed by atoms with Gasteiger partial charge in [-0.15, -0.1) is 0 Å². The van der Waals surface area contributed by atoms with Crippen molar-refractivity contribution < 1.29 is 14.3 Å². The standard InChI is InChI=1S/C12H23N5O3/c1-14-12(18)9-20-8-10(13)4-6-19-5-2-3-11-7-15-17-16-11/h7,10H,2-6,8-9,13H2,1H3,(H,14,18)(H,15,16,17). The van der Waals surface area contributed by atoms with Crippen LogP contribution in [-0.4, -0.2) is 60.8 Å². The number of ether oxygens (including phenoxy) is 2. The van der Waals surface area contributed by atoms with Crippen LogP contribution in [-0.2, 0) is 20.7 Å². The zero-order valence-corrected chi connectivity index (χ0v) is 11.8. The number of rotatable bonds is 11. The second-order valence-electron chi connectivity index (χ2n) is 4.41. The van der Waals surface area contributed by atoms with E-state index < -0.39 is 0 Å². The Labute approximate surface area is 118 Å². The van der Waals surface area contributed by atoms with Crippen molar-refractivity contribution in [1.82, 2.24) is 20.7 Å². The third-order valence-corrected chi connectivity index (χ3v) is 2.66. The summed E-state index contributed by atoms with van der Waals surface area (Å²) in [5.41, 5.74) is 6.77. The van der Waals surface area contributed by atoms with Crippen molar-refractivity contribution in [2.45, 2.75) is 25.3 Å². The van der Waals surface area contributed by atoms with Gasteiger partial charge >= 0.3 is 0 Å². The monoisotopic (exact) mass is 285 g/mol.